The first kappa shape index (κ1) is 26.4. The Morgan fingerprint density at radius 3 is 2.61 bits per heavy atom. The molecule has 0 aliphatic carbocycles. The number of methoxy groups -OCH3 is 1. The van der Waals surface area contributed by atoms with E-state index in [2.05, 4.69) is 36.9 Å². The van der Waals surface area contributed by atoms with Gasteiger partial charge in [0.05, 0.1) is 40.0 Å². The minimum absolute atomic E-state index is 0.207. The summed E-state index contributed by atoms with van der Waals surface area (Å²) in [6.45, 7) is 3.71. The Labute approximate surface area is 239 Å². The second-order valence-electron chi connectivity index (χ2n) is 8.41. The molecule has 0 unspecified atom stereocenters. The van der Waals surface area contributed by atoms with Crippen LogP contribution in [0, 0.1) is 0 Å². The van der Waals surface area contributed by atoms with Gasteiger partial charge in [-0.1, -0.05) is 45.5 Å². The van der Waals surface area contributed by atoms with Crippen molar-refractivity contribution in [3.8, 4) is 17.1 Å². The van der Waals surface area contributed by atoms with E-state index >= 15 is 0 Å². The highest BCUT2D eigenvalue weighted by atomic mass is 79.9. The molecular weight excluding hydrogens is 636 g/mol. The van der Waals surface area contributed by atoms with E-state index in [0.29, 0.717) is 42.3 Å². The standard InChI is InChI=1S/C28H22Br2N2O5S/c1-4-36-27(34)24-15(2)31-28-32(25(24)17-7-11-22(35-3)20(30)13-17)26(33)23(38-28)14-19-10-12-21(37-19)16-5-8-18(29)9-6-16/h5-14,25H,4H2,1-3H3/b23-14+/t25-/m0/s1. The average molecular weight is 658 g/mol. The number of allylic oxidation sites excluding steroid dienone is 1. The smallest absolute Gasteiger partial charge is 0.338 e. The molecule has 2 aromatic heterocycles. The van der Waals surface area contributed by atoms with Gasteiger partial charge in [0.2, 0.25) is 0 Å². The van der Waals surface area contributed by atoms with E-state index in [0.717, 1.165) is 15.6 Å². The van der Waals surface area contributed by atoms with Crippen molar-refractivity contribution >= 4 is 55.2 Å². The van der Waals surface area contributed by atoms with Gasteiger partial charge < -0.3 is 13.9 Å². The maximum atomic E-state index is 13.8. The fourth-order valence-electron chi connectivity index (χ4n) is 4.29. The van der Waals surface area contributed by atoms with Gasteiger partial charge >= 0.3 is 5.97 Å². The number of benzene rings is 2. The summed E-state index contributed by atoms with van der Waals surface area (Å²) in [4.78, 5) is 31.9. The molecule has 1 aliphatic rings. The van der Waals surface area contributed by atoms with Crippen LogP contribution in [0.5, 0.6) is 5.75 Å². The Hall–Kier alpha value is -3.21. The second-order valence-corrected chi connectivity index (χ2v) is 11.2. The topological polar surface area (TPSA) is 83.0 Å². The van der Waals surface area contributed by atoms with E-state index in [1.54, 1.807) is 37.7 Å². The molecule has 4 aromatic rings. The van der Waals surface area contributed by atoms with E-state index in [4.69, 9.17) is 13.9 Å². The number of hydrogen-bond donors (Lipinski definition) is 0. The third-order valence-corrected chi connectivity index (χ3v) is 8.17. The van der Waals surface area contributed by atoms with E-state index in [1.165, 1.54) is 11.3 Å². The van der Waals surface area contributed by atoms with Crippen molar-refractivity contribution in [2.24, 2.45) is 4.99 Å². The summed E-state index contributed by atoms with van der Waals surface area (Å²) >= 11 is 8.21. The van der Waals surface area contributed by atoms with Crippen LogP contribution in [0.2, 0.25) is 0 Å². The molecule has 3 heterocycles. The molecule has 1 atom stereocenters. The molecule has 38 heavy (non-hydrogen) atoms. The van der Waals surface area contributed by atoms with Crippen LogP contribution >= 0.6 is 43.2 Å². The highest BCUT2D eigenvalue weighted by molar-refractivity contribution is 9.10. The van der Waals surface area contributed by atoms with Crippen molar-refractivity contribution in [1.82, 2.24) is 4.57 Å². The lowest BCUT2D eigenvalue weighted by atomic mass is 9.96. The molecule has 0 saturated carbocycles. The number of halogens is 2. The maximum absolute atomic E-state index is 13.8. The molecule has 7 nitrogen and oxygen atoms in total. The summed E-state index contributed by atoms with van der Waals surface area (Å²) in [6.07, 6.45) is 1.70. The van der Waals surface area contributed by atoms with Crippen LogP contribution in [-0.2, 0) is 9.53 Å². The molecular formula is C28H22Br2N2O5S. The normalized spacial score (nSPS) is 15.3. The van der Waals surface area contributed by atoms with Gasteiger partial charge in [-0.25, -0.2) is 9.79 Å². The first-order valence-electron chi connectivity index (χ1n) is 11.7. The van der Waals surface area contributed by atoms with Crippen LogP contribution in [0.4, 0.5) is 0 Å². The molecule has 0 bridgehead atoms. The quantitative estimate of drug-likeness (QED) is 0.253. The molecule has 0 saturated heterocycles. The fourth-order valence-corrected chi connectivity index (χ4v) is 6.14. The molecule has 0 amide bonds. The maximum Gasteiger partial charge on any atom is 0.338 e. The van der Waals surface area contributed by atoms with Gasteiger partial charge in [-0.05, 0) is 71.7 Å². The van der Waals surface area contributed by atoms with Crippen molar-refractivity contribution in [3.63, 3.8) is 0 Å². The lowest BCUT2D eigenvalue weighted by molar-refractivity contribution is -0.139. The number of ether oxygens (including phenoxy) is 2. The van der Waals surface area contributed by atoms with Crippen molar-refractivity contribution in [1.29, 1.82) is 0 Å². The average Bonchev–Trinajstić information content (AvgIpc) is 3.48. The van der Waals surface area contributed by atoms with Gasteiger partial charge in [0.25, 0.3) is 5.56 Å². The minimum atomic E-state index is -0.718. The molecule has 0 N–H and O–H groups in total. The number of carbonyl (C=O) groups excluding carboxylic acids is 1. The molecule has 0 fully saturated rings. The third-order valence-electron chi connectivity index (χ3n) is 6.04. The van der Waals surface area contributed by atoms with Gasteiger partial charge in [0.1, 0.15) is 17.3 Å². The van der Waals surface area contributed by atoms with Gasteiger partial charge in [-0.3, -0.25) is 9.36 Å². The lowest BCUT2D eigenvalue weighted by Crippen LogP contribution is -2.39. The first-order chi connectivity index (χ1) is 18.3. The second kappa shape index (κ2) is 10.9. The summed E-state index contributed by atoms with van der Waals surface area (Å²) in [6, 6.07) is 16.2. The van der Waals surface area contributed by atoms with Crippen LogP contribution in [0.1, 0.15) is 31.2 Å². The lowest BCUT2D eigenvalue weighted by Gasteiger charge is -2.25. The van der Waals surface area contributed by atoms with Crippen molar-refractivity contribution in [2.75, 3.05) is 13.7 Å². The van der Waals surface area contributed by atoms with Crippen molar-refractivity contribution in [3.05, 3.63) is 106 Å². The van der Waals surface area contributed by atoms with Crippen LogP contribution in [0.25, 0.3) is 17.4 Å². The monoisotopic (exact) mass is 656 g/mol. The van der Waals surface area contributed by atoms with E-state index in [-0.39, 0.29) is 12.2 Å². The number of hydrogen-bond acceptors (Lipinski definition) is 7. The summed E-state index contributed by atoms with van der Waals surface area (Å²) in [5.74, 6) is 1.36. The number of rotatable bonds is 6. The Balaban J connectivity index is 1.64. The number of aromatic nitrogens is 1. The number of fused-ring (bicyclic) bond motifs is 1. The molecule has 1 aliphatic heterocycles. The number of esters is 1. The molecule has 0 spiro atoms. The first-order valence-corrected chi connectivity index (χ1v) is 14.1. The predicted octanol–water partition coefficient (Wildman–Crippen LogP) is 5.59. The van der Waals surface area contributed by atoms with Gasteiger partial charge in [-0.2, -0.15) is 0 Å². The Morgan fingerprint density at radius 2 is 1.92 bits per heavy atom. The number of carbonyl (C=O) groups is 1. The zero-order valence-electron chi connectivity index (χ0n) is 20.7. The Morgan fingerprint density at radius 1 is 1.16 bits per heavy atom. The molecule has 2 aromatic carbocycles. The summed E-state index contributed by atoms with van der Waals surface area (Å²) in [5.41, 5.74) is 2.19. The van der Waals surface area contributed by atoms with Crippen molar-refractivity contribution < 1.29 is 18.7 Å². The number of nitrogens with zero attached hydrogens (tertiary/aromatic N) is 2. The third kappa shape index (κ3) is 4.95. The molecule has 10 heteroatoms. The van der Waals surface area contributed by atoms with Gasteiger partial charge in [0, 0.05) is 16.1 Å². The molecule has 194 valence electrons. The Kier molecular flexibility index (Phi) is 7.56. The summed E-state index contributed by atoms with van der Waals surface area (Å²) in [7, 11) is 1.58. The van der Waals surface area contributed by atoms with Crippen LogP contribution < -0.4 is 19.6 Å². The summed E-state index contributed by atoms with van der Waals surface area (Å²) in [5, 5.41) is 0. The zero-order chi connectivity index (χ0) is 27.0. The van der Waals surface area contributed by atoms with Gasteiger partial charge in [0.15, 0.2) is 4.80 Å². The minimum Gasteiger partial charge on any atom is -0.496 e. The van der Waals surface area contributed by atoms with Crippen LogP contribution in [0.3, 0.4) is 0 Å². The van der Waals surface area contributed by atoms with Crippen molar-refractivity contribution in [2.45, 2.75) is 19.9 Å². The SMILES string of the molecule is CCOC(=O)C1=C(C)N=c2s/c(=C/c3ccc(-c4ccc(Br)cc4)o3)c(=O)n2[C@H]1c1ccc(OC)c(Br)c1. The largest absolute Gasteiger partial charge is 0.496 e. The molecule has 5 rings (SSSR count). The predicted molar refractivity (Wildman–Crippen MR) is 153 cm³/mol. The number of thiazole rings is 1. The molecule has 0 radical (unpaired) electrons. The van der Waals surface area contributed by atoms with E-state index in [9.17, 15) is 9.59 Å². The van der Waals surface area contributed by atoms with E-state index < -0.39 is 12.0 Å². The van der Waals surface area contributed by atoms with E-state index in [1.807, 2.05) is 48.5 Å². The fraction of sp³-hybridized carbons (Fsp3) is 0.179. The van der Waals surface area contributed by atoms with Crippen LogP contribution in [0.15, 0.2) is 89.0 Å². The summed E-state index contributed by atoms with van der Waals surface area (Å²) < 4.78 is 20.4. The Bertz CT molecular complexity index is 1750. The van der Waals surface area contributed by atoms with Crippen LogP contribution in [-0.4, -0.2) is 24.3 Å². The number of furan rings is 1. The highest BCUT2D eigenvalue weighted by Gasteiger charge is 2.33. The zero-order valence-corrected chi connectivity index (χ0v) is 24.6. The van der Waals surface area contributed by atoms with Gasteiger partial charge in [-0.15, -0.1) is 0 Å². The highest BCUT2D eigenvalue weighted by Crippen LogP contribution is 2.35.